The van der Waals surface area contributed by atoms with Gasteiger partial charge in [0, 0.05) is 6.54 Å². The third-order valence-corrected chi connectivity index (χ3v) is 4.57. The Balaban J connectivity index is 2.11. The van der Waals surface area contributed by atoms with E-state index in [-0.39, 0.29) is 23.5 Å². The van der Waals surface area contributed by atoms with Crippen molar-refractivity contribution >= 4 is 5.91 Å². The summed E-state index contributed by atoms with van der Waals surface area (Å²) in [6, 6.07) is 19.9. The minimum Gasteiger partial charge on any atom is -0.506 e. The molecule has 1 aromatic heterocycles. The SMILES string of the molecule is CCCCNC(=O)c1c(O)cc(-c2ccccc2)c(=O)n1Cc1ccccc1. The molecule has 28 heavy (non-hydrogen) atoms. The lowest BCUT2D eigenvalue weighted by molar-refractivity contribution is 0.0939. The highest BCUT2D eigenvalue weighted by Crippen LogP contribution is 2.24. The molecule has 2 aromatic carbocycles. The Hall–Kier alpha value is -3.34. The summed E-state index contributed by atoms with van der Waals surface area (Å²) in [5, 5.41) is 13.4. The van der Waals surface area contributed by atoms with Crippen molar-refractivity contribution < 1.29 is 9.90 Å². The Kier molecular flexibility index (Phi) is 6.27. The van der Waals surface area contributed by atoms with Crippen LogP contribution in [0.15, 0.2) is 71.5 Å². The number of nitrogens with zero attached hydrogens (tertiary/aromatic N) is 1. The second-order valence-electron chi connectivity index (χ2n) is 6.64. The van der Waals surface area contributed by atoms with Crippen LogP contribution in [0.2, 0.25) is 0 Å². The number of nitrogens with one attached hydrogen (secondary N) is 1. The molecule has 2 N–H and O–H groups in total. The predicted molar refractivity (Wildman–Crippen MR) is 111 cm³/mol. The molecule has 0 spiro atoms. The first kappa shape index (κ1) is 19.4. The number of amides is 1. The number of aromatic hydroxyl groups is 1. The van der Waals surface area contributed by atoms with Crippen LogP contribution in [0.25, 0.3) is 11.1 Å². The molecular formula is C23H24N2O3. The molecule has 5 nitrogen and oxygen atoms in total. The minimum atomic E-state index is -0.446. The van der Waals surface area contributed by atoms with Gasteiger partial charge in [0.05, 0.1) is 12.1 Å². The largest absolute Gasteiger partial charge is 0.506 e. The highest BCUT2D eigenvalue weighted by Gasteiger charge is 2.21. The van der Waals surface area contributed by atoms with Crippen molar-refractivity contribution in [2.24, 2.45) is 0 Å². The van der Waals surface area contributed by atoms with Gasteiger partial charge >= 0.3 is 0 Å². The lowest BCUT2D eigenvalue weighted by Gasteiger charge is -2.16. The normalized spacial score (nSPS) is 10.6. The molecule has 0 aliphatic rings. The van der Waals surface area contributed by atoms with Gasteiger partial charge in [0.15, 0.2) is 5.69 Å². The fourth-order valence-electron chi connectivity index (χ4n) is 3.09. The van der Waals surface area contributed by atoms with Gasteiger partial charge in [-0.1, -0.05) is 74.0 Å². The zero-order valence-electron chi connectivity index (χ0n) is 15.9. The van der Waals surface area contributed by atoms with Crippen molar-refractivity contribution in [1.29, 1.82) is 0 Å². The fraction of sp³-hybridized carbons (Fsp3) is 0.217. The van der Waals surface area contributed by atoms with E-state index in [4.69, 9.17) is 0 Å². The summed E-state index contributed by atoms with van der Waals surface area (Å²) < 4.78 is 1.36. The van der Waals surface area contributed by atoms with Gasteiger partial charge in [0.1, 0.15) is 5.75 Å². The van der Waals surface area contributed by atoms with Crippen molar-refractivity contribution in [2.75, 3.05) is 6.54 Å². The molecule has 1 heterocycles. The number of unbranched alkanes of at least 4 members (excludes halogenated alkanes) is 1. The van der Waals surface area contributed by atoms with Gasteiger partial charge in [-0.15, -0.1) is 0 Å². The molecule has 0 bridgehead atoms. The summed E-state index contributed by atoms with van der Waals surface area (Å²) in [5.41, 5.74) is 1.61. The smallest absolute Gasteiger partial charge is 0.271 e. The van der Waals surface area contributed by atoms with E-state index in [1.807, 2.05) is 67.6 Å². The molecule has 0 unspecified atom stereocenters. The molecule has 1 amide bonds. The number of pyridine rings is 1. The number of carbonyl (C=O) groups is 1. The van der Waals surface area contributed by atoms with Gasteiger partial charge in [0.25, 0.3) is 11.5 Å². The highest BCUT2D eigenvalue weighted by atomic mass is 16.3. The summed E-state index contributed by atoms with van der Waals surface area (Å²) in [5.74, 6) is -0.651. The van der Waals surface area contributed by atoms with Gasteiger partial charge in [-0.2, -0.15) is 0 Å². The molecule has 5 heteroatoms. The molecule has 3 rings (SSSR count). The van der Waals surface area contributed by atoms with Gasteiger partial charge in [-0.25, -0.2) is 0 Å². The van der Waals surface area contributed by atoms with E-state index in [1.165, 1.54) is 10.6 Å². The molecule has 0 saturated heterocycles. The van der Waals surface area contributed by atoms with Crippen molar-refractivity contribution in [2.45, 2.75) is 26.3 Å². The molecular weight excluding hydrogens is 352 g/mol. The fourth-order valence-corrected chi connectivity index (χ4v) is 3.09. The van der Waals surface area contributed by atoms with Gasteiger partial charge in [-0.05, 0) is 23.6 Å². The van der Waals surface area contributed by atoms with Crippen LogP contribution in [0.5, 0.6) is 5.75 Å². The summed E-state index contributed by atoms with van der Waals surface area (Å²) in [7, 11) is 0. The van der Waals surface area contributed by atoms with Crippen LogP contribution in [-0.2, 0) is 6.54 Å². The third-order valence-electron chi connectivity index (χ3n) is 4.57. The Morgan fingerprint density at radius 1 is 1.04 bits per heavy atom. The summed E-state index contributed by atoms with van der Waals surface area (Å²) in [4.78, 5) is 26.0. The first-order chi connectivity index (χ1) is 13.6. The Bertz CT molecular complexity index is 996. The van der Waals surface area contributed by atoms with Crippen molar-refractivity contribution in [3.63, 3.8) is 0 Å². The van der Waals surface area contributed by atoms with Crippen molar-refractivity contribution in [3.8, 4) is 16.9 Å². The molecule has 0 atom stereocenters. The van der Waals surface area contributed by atoms with Crippen LogP contribution in [-0.4, -0.2) is 22.1 Å². The standard InChI is InChI=1S/C23H24N2O3/c1-2-3-14-24-22(27)21-20(26)15-19(18-12-8-5-9-13-18)23(28)25(21)16-17-10-6-4-7-11-17/h4-13,15,26H,2-3,14,16H2,1H3,(H,24,27). The average Bonchev–Trinajstić information content (AvgIpc) is 2.72. The zero-order valence-corrected chi connectivity index (χ0v) is 15.9. The van der Waals surface area contributed by atoms with E-state index >= 15 is 0 Å². The maximum absolute atomic E-state index is 13.3. The minimum absolute atomic E-state index is 0.00960. The van der Waals surface area contributed by atoms with E-state index in [0.29, 0.717) is 17.7 Å². The van der Waals surface area contributed by atoms with Crippen LogP contribution in [0.4, 0.5) is 0 Å². The molecule has 0 aliphatic carbocycles. The molecule has 0 saturated carbocycles. The van der Waals surface area contributed by atoms with Crippen LogP contribution in [0.3, 0.4) is 0 Å². The number of benzene rings is 2. The summed E-state index contributed by atoms with van der Waals surface area (Å²) >= 11 is 0. The van der Waals surface area contributed by atoms with Gasteiger partial charge < -0.3 is 10.4 Å². The molecule has 144 valence electrons. The van der Waals surface area contributed by atoms with Gasteiger partial charge in [-0.3, -0.25) is 14.2 Å². The molecule has 3 aromatic rings. The van der Waals surface area contributed by atoms with E-state index in [9.17, 15) is 14.7 Å². The van der Waals surface area contributed by atoms with E-state index in [1.54, 1.807) is 0 Å². The Morgan fingerprint density at radius 3 is 2.32 bits per heavy atom. The predicted octanol–water partition coefficient (Wildman–Crippen LogP) is 3.80. The first-order valence-corrected chi connectivity index (χ1v) is 9.46. The number of rotatable bonds is 7. The topological polar surface area (TPSA) is 71.3 Å². The second-order valence-corrected chi connectivity index (χ2v) is 6.64. The zero-order chi connectivity index (χ0) is 19.9. The lowest BCUT2D eigenvalue weighted by Crippen LogP contribution is -2.33. The number of aromatic nitrogens is 1. The van der Waals surface area contributed by atoms with E-state index in [2.05, 4.69) is 5.32 Å². The molecule has 0 fully saturated rings. The Labute approximate surface area is 164 Å². The van der Waals surface area contributed by atoms with E-state index < -0.39 is 5.91 Å². The maximum Gasteiger partial charge on any atom is 0.271 e. The highest BCUT2D eigenvalue weighted by molar-refractivity contribution is 5.95. The quantitative estimate of drug-likeness (QED) is 0.616. The van der Waals surface area contributed by atoms with Crippen molar-refractivity contribution in [1.82, 2.24) is 9.88 Å². The summed E-state index contributed by atoms with van der Waals surface area (Å²) in [6.45, 7) is 2.72. The van der Waals surface area contributed by atoms with Crippen LogP contribution in [0, 0.1) is 0 Å². The summed E-state index contributed by atoms with van der Waals surface area (Å²) in [6.07, 6.45) is 1.77. The van der Waals surface area contributed by atoms with Crippen molar-refractivity contribution in [3.05, 3.63) is 88.3 Å². The monoisotopic (exact) mass is 376 g/mol. The Morgan fingerprint density at radius 2 is 1.68 bits per heavy atom. The van der Waals surface area contributed by atoms with E-state index in [0.717, 1.165) is 18.4 Å². The van der Waals surface area contributed by atoms with Crippen LogP contribution in [0.1, 0.15) is 35.8 Å². The molecule has 0 aliphatic heterocycles. The number of hydrogen-bond donors (Lipinski definition) is 2. The molecule has 0 radical (unpaired) electrons. The number of hydrogen-bond acceptors (Lipinski definition) is 3. The number of carbonyl (C=O) groups excluding carboxylic acids is 1. The third kappa shape index (κ3) is 4.31. The second kappa shape index (κ2) is 9.04. The van der Waals surface area contributed by atoms with Crippen LogP contribution >= 0.6 is 0 Å². The maximum atomic E-state index is 13.3. The van der Waals surface area contributed by atoms with Gasteiger partial charge in [0.2, 0.25) is 0 Å². The lowest BCUT2D eigenvalue weighted by atomic mass is 10.1. The average molecular weight is 376 g/mol. The first-order valence-electron chi connectivity index (χ1n) is 9.46. The van der Waals surface area contributed by atoms with Crippen LogP contribution < -0.4 is 10.9 Å².